The van der Waals surface area contributed by atoms with E-state index in [1.54, 1.807) is 7.05 Å². The van der Waals surface area contributed by atoms with Gasteiger partial charge in [0.1, 0.15) is 5.69 Å². The van der Waals surface area contributed by atoms with E-state index in [0.29, 0.717) is 12.4 Å². The third kappa shape index (κ3) is 3.85. The highest BCUT2D eigenvalue weighted by Crippen LogP contribution is 2.22. The first kappa shape index (κ1) is 18.3. The summed E-state index contributed by atoms with van der Waals surface area (Å²) in [4.78, 5) is 22.6. The monoisotopic (exact) mass is 374 g/mol. The summed E-state index contributed by atoms with van der Waals surface area (Å²) < 4.78 is 23.3. The summed E-state index contributed by atoms with van der Waals surface area (Å²) in [5, 5.41) is 3.14. The largest absolute Gasteiger partial charge is 0.336 e. The minimum atomic E-state index is -3.05. The van der Waals surface area contributed by atoms with Crippen LogP contribution in [-0.2, 0) is 9.84 Å². The molecule has 8 heteroatoms. The van der Waals surface area contributed by atoms with Gasteiger partial charge in [-0.1, -0.05) is 12.1 Å². The van der Waals surface area contributed by atoms with E-state index >= 15 is 0 Å². The molecule has 0 bridgehead atoms. The Hall–Kier alpha value is -2.48. The molecule has 1 fully saturated rings. The first-order valence-corrected chi connectivity index (χ1v) is 10.2. The normalized spacial score (nSPS) is 18.5. The van der Waals surface area contributed by atoms with Gasteiger partial charge in [0.05, 0.1) is 11.5 Å². The van der Waals surface area contributed by atoms with Gasteiger partial charge in [0.2, 0.25) is 5.95 Å². The molecule has 1 amide bonds. The number of aromatic nitrogens is 2. The molecule has 1 aliphatic heterocycles. The van der Waals surface area contributed by atoms with Crippen LogP contribution in [0.5, 0.6) is 0 Å². The number of anilines is 2. The zero-order valence-electron chi connectivity index (χ0n) is 15.1. The molecule has 0 radical (unpaired) electrons. The minimum Gasteiger partial charge on any atom is -0.336 e. The average Bonchev–Trinajstić information content (AvgIpc) is 2.98. The summed E-state index contributed by atoms with van der Waals surface area (Å²) in [5.74, 6) is 0.155. The maximum Gasteiger partial charge on any atom is 0.272 e. The van der Waals surface area contributed by atoms with Crippen LogP contribution in [-0.4, -0.2) is 53.8 Å². The highest BCUT2D eigenvalue weighted by atomic mass is 32.2. The molecule has 1 atom stereocenters. The van der Waals surface area contributed by atoms with Crippen molar-refractivity contribution < 1.29 is 13.2 Å². The maximum absolute atomic E-state index is 12.7. The van der Waals surface area contributed by atoms with Crippen molar-refractivity contribution in [2.45, 2.75) is 26.3 Å². The minimum absolute atomic E-state index is 0.00785. The van der Waals surface area contributed by atoms with Crippen LogP contribution < -0.4 is 5.32 Å². The van der Waals surface area contributed by atoms with Crippen LogP contribution in [0, 0.1) is 13.8 Å². The standard InChI is InChI=1S/C18H22N4O3S/c1-12-5-4-6-15(13(12)2)20-18-19-9-7-16(21-18)17(23)22(3)14-8-10-26(24,25)11-14/h4-7,9,14H,8,10-11H2,1-3H3,(H,19,20,21). The number of hydrogen-bond donors (Lipinski definition) is 1. The van der Waals surface area contributed by atoms with Gasteiger partial charge in [0.25, 0.3) is 5.91 Å². The zero-order chi connectivity index (χ0) is 18.9. The lowest BCUT2D eigenvalue weighted by Crippen LogP contribution is -2.38. The Kier molecular flexibility index (Phi) is 4.95. The van der Waals surface area contributed by atoms with Crippen molar-refractivity contribution in [2.75, 3.05) is 23.9 Å². The summed E-state index contributed by atoms with van der Waals surface area (Å²) in [6.07, 6.45) is 1.98. The molecule has 3 rings (SSSR count). The number of nitrogens with one attached hydrogen (secondary N) is 1. The van der Waals surface area contributed by atoms with Crippen molar-refractivity contribution in [2.24, 2.45) is 0 Å². The Morgan fingerprint density at radius 3 is 2.73 bits per heavy atom. The summed E-state index contributed by atoms with van der Waals surface area (Å²) in [7, 11) is -1.43. The third-order valence-electron chi connectivity index (χ3n) is 4.80. The molecule has 0 saturated carbocycles. The number of carbonyl (C=O) groups excluding carboxylic acids is 1. The Balaban J connectivity index is 1.78. The number of aryl methyl sites for hydroxylation is 1. The lowest BCUT2D eigenvalue weighted by molar-refractivity contribution is 0.0741. The third-order valence-corrected chi connectivity index (χ3v) is 6.55. The summed E-state index contributed by atoms with van der Waals surface area (Å²) in [6.45, 7) is 4.02. The quantitative estimate of drug-likeness (QED) is 0.881. The van der Waals surface area contributed by atoms with Gasteiger partial charge < -0.3 is 10.2 Å². The van der Waals surface area contributed by atoms with Crippen molar-refractivity contribution >= 4 is 27.4 Å². The van der Waals surface area contributed by atoms with Crippen molar-refractivity contribution in [1.82, 2.24) is 14.9 Å². The Labute approximate surface area is 153 Å². The molecule has 1 N–H and O–H groups in total. The Morgan fingerprint density at radius 1 is 1.27 bits per heavy atom. The molecule has 0 aliphatic carbocycles. The second-order valence-corrected chi connectivity index (χ2v) is 8.84. The fraction of sp³-hybridized carbons (Fsp3) is 0.389. The smallest absolute Gasteiger partial charge is 0.272 e. The van der Waals surface area contributed by atoms with Crippen LogP contribution in [0.2, 0.25) is 0 Å². The average molecular weight is 374 g/mol. The fourth-order valence-electron chi connectivity index (χ4n) is 2.97. The number of rotatable bonds is 4. The van der Waals surface area contributed by atoms with Crippen molar-refractivity contribution in [1.29, 1.82) is 0 Å². The van der Waals surface area contributed by atoms with Crippen molar-refractivity contribution in [3.63, 3.8) is 0 Å². The number of amides is 1. The SMILES string of the molecule is Cc1cccc(Nc2nccc(C(=O)N(C)C3CCS(=O)(=O)C3)n2)c1C. The Morgan fingerprint density at radius 2 is 2.04 bits per heavy atom. The summed E-state index contributed by atoms with van der Waals surface area (Å²) in [6, 6.07) is 7.12. The molecule has 26 heavy (non-hydrogen) atoms. The first-order valence-electron chi connectivity index (χ1n) is 8.41. The number of hydrogen-bond acceptors (Lipinski definition) is 6. The van der Waals surface area contributed by atoms with Gasteiger partial charge >= 0.3 is 0 Å². The van der Waals surface area contributed by atoms with E-state index < -0.39 is 9.84 Å². The molecule has 7 nitrogen and oxygen atoms in total. The van der Waals surface area contributed by atoms with Gasteiger partial charge in [-0.3, -0.25) is 4.79 Å². The van der Waals surface area contributed by atoms with Crippen LogP contribution in [0.4, 0.5) is 11.6 Å². The van der Waals surface area contributed by atoms with Crippen LogP contribution in [0.15, 0.2) is 30.5 Å². The molecule has 2 heterocycles. The van der Waals surface area contributed by atoms with Crippen molar-refractivity contribution in [3.05, 3.63) is 47.3 Å². The van der Waals surface area contributed by atoms with Crippen LogP contribution in [0.25, 0.3) is 0 Å². The van der Waals surface area contributed by atoms with Gasteiger partial charge in [0, 0.05) is 25.0 Å². The van der Waals surface area contributed by atoms with Gasteiger partial charge in [-0.15, -0.1) is 0 Å². The van der Waals surface area contributed by atoms with E-state index in [-0.39, 0.29) is 29.1 Å². The van der Waals surface area contributed by atoms with Crippen LogP contribution >= 0.6 is 0 Å². The molecule has 1 saturated heterocycles. The number of nitrogens with zero attached hydrogens (tertiary/aromatic N) is 3. The maximum atomic E-state index is 12.7. The van der Waals surface area contributed by atoms with Gasteiger partial charge in [0.15, 0.2) is 9.84 Å². The molecule has 2 aromatic rings. The van der Waals surface area contributed by atoms with Crippen LogP contribution in [0.3, 0.4) is 0 Å². The summed E-state index contributed by atoms with van der Waals surface area (Å²) >= 11 is 0. The van der Waals surface area contributed by atoms with E-state index in [1.807, 2.05) is 32.0 Å². The second-order valence-electron chi connectivity index (χ2n) is 6.61. The van der Waals surface area contributed by atoms with E-state index in [4.69, 9.17) is 0 Å². The molecular formula is C18H22N4O3S. The molecule has 0 spiro atoms. The zero-order valence-corrected chi connectivity index (χ0v) is 15.9. The van der Waals surface area contributed by atoms with Crippen LogP contribution in [0.1, 0.15) is 28.0 Å². The highest BCUT2D eigenvalue weighted by molar-refractivity contribution is 7.91. The number of benzene rings is 1. The predicted octanol–water partition coefficient (Wildman–Crippen LogP) is 2.10. The number of carbonyl (C=O) groups is 1. The lowest BCUT2D eigenvalue weighted by Gasteiger charge is -2.23. The van der Waals surface area contributed by atoms with Gasteiger partial charge in [-0.2, -0.15) is 0 Å². The highest BCUT2D eigenvalue weighted by Gasteiger charge is 2.33. The predicted molar refractivity (Wildman–Crippen MR) is 100 cm³/mol. The molecule has 1 aliphatic rings. The molecule has 1 unspecified atom stereocenters. The van der Waals surface area contributed by atoms with Gasteiger partial charge in [-0.05, 0) is 43.5 Å². The molecule has 1 aromatic carbocycles. The van der Waals surface area contributed by atoms with E-state index in [0.717, 1.165) is 16.8 Å². The second kappa shape index (κ2) is 7.03. The van der Waals surface area contributed by atoms with Crippen molar-refractivity contribution in [3.8, 4) is 0 Å². The first-order chi connectivity index (χ1) is 12.3. The van der Waals surface area contributed by atoms with E-state index in [9.17, 15) is 13.2 Å². The lowest BCUT2D eigenvalue weighted by atomic mass is 10.1. The van der Waals surface area contributed by atoms with Gasteiger partial charge in [-0.25, -0.2) is 18.4 Å². The topological polar surface area (TPSA) is 92.3 Å². The molecular weight excluding hydrogens is 352 g/mol. The fourth-order valence-corrected chi connectivity index (χ4v) is 4.75. The molecule has 1 aromatic heterocycles. The molecule has 138 valence electrons. The Bertz CT molecular complexity index is 943. The summed E-state index contributed by atoms with van der Waals surface area (Å²) in [5.41, 5.74) is 3.34. The number of sulfone groups is 1. The van der Waals surface area contributed by atoms with E-state index in [1.165, 1.54) is 17.2 Å². The van der Waals surface area contributed by atoms with E-state index in [2.05, 4.69) is 15.3 Å².